The highest BCUT2D eigenvalue weighted by Gasteiger charge is 2.25. The molecule has 0 N–H and O–H groups in total. The van der Waals surface area contributed by atoms with Gasteiger partial charge in [0.05, 0.1) is 20.1 Å². The molecule has 1 amide bonds. The number of benzene rings is 1. The van der Waals surface area contributed by atoms with Gasteiger partial charge in [-0.1, -0.05) is 30.3 Å². The number of carbonyl (C=O) groups is 1. The Morgan fingerprint density at radius 3 is 2.92 bits per heavy atom. The summed E-state index contributed by atoms with van der Waals surface area (Å²) in [5.74, 6) is 0.610. The second kappa shape index (κ2) is 7.77. The Bertz CT molecular complexity index is 678. The fourth-order valence-corrected chi connectivity index (χ4v) is 2.80. The van der Waals surface area contributed by atoms with Crippen LogP contribution in [0.15, 0.2) is 42.6 Å². The number of carbonyl (C=O) groups excluding carboxylic acids is 1. The second-order valence-electron chi connectivity index (χ2n) is 5.77. The van der Waals surface area contributed by atoms with Gasteiger partial charge >= 0.3 is 6.01 Å². The van der Waals surface area contributed by atoms with Crippen LogP contribution in [0.4, 0.5) is 0 Å². The van der Waals surface area contributed by atoms with Gasteiger partial charge in [-0.25, -0.2) is 4.98 Å². The lowest BCUT2D eigenvalue weighted by molar-refractivity contribution is -0.133. The normalized spacial score (nSPS) is 17.4. The van der Waals surface area contributed by atoms with Gasteiger partial charge in [-0.15, -0.1) is 0 Å². The minimum Gasteiger partial charge on any atom is -0.472 e. The van der Waals surface area contributed by atoms with E-state index in [9.17, 15) is 4.79 Å². The largest absolute Gasteiger partial charge is 0.472 e. The highest BCUT2D eigenvalue weighted by Crippen LogP contribution is 2.18. The summed E-state index contributed by atoms with van der Waals surface area (Å²) in [6, 6.07) is 11.8. The van der Waals surface area contributed by atoms with E-state index < -0.39 is 0 Å². The topological polar surface area (TPSA) is 64.6 Å². The van der Waals surface area contributed by atoms with Crippen LogP contribution < -0.4 is 9.47 Å². The van der Waals surface area contributed by atoms with Crippen molar-refractivity contribution >= 4 is 5.91 Å². The Morgan fingerprint density at radius 1 is 1.29 bits per heavy atom. The zero-order chi connectivity index (χ0) is 16.8. The highest BCUT2D eigenvalue weighted by atomic mass is 16.5. The van der Waals surface area contributed by atoms with Gasteiger partial charge in [-0.3, -0.25) is 4.79 Å². The summed E-state index contributed by atoms with van der Waals surface area (Å²) in [5.41, 5.74) is 1.03. The molecule has 24 heavy (non-hydrogen) atoms. The van der Waals surface area contributed by atoms with Gasteiger partial charge in [0, 0.05) is 18.8 Å². The summed E-state index contributed by atoms with van der Waals surface area (Å²) in [6.07, 6.45) is 3.80. The van der Waals surface area contributed by atoms with E-state index in [0.29, 0.717) is 18.8 Å². The third kappa shape index (κ3) is 4.22. The smallest absolute Gasteiger partial charge is 0.319 e. The van der Waals surface area contributed by atoms with Crippen molar-refractivity contribution in [2.75, 3.05) is 20.2 Å². The molecule has 6 nitrogen and oxygen atoms in total. The standard InChI is InChI=1S/C18H21N3O3/c1-23-18-19-10-9-16(20-18)24-15-8-5-11-21(13-15)17(22)12-14-6-3-2-4-7-14/h2-4,6-7,9-10,15H,5,8,11-13H2,1H3. The van der Waals surface area contributed by atoms with Crippen molar-refractivity contribution in [1.82, 2.24) is 14.9 Å². The van der Waals surface area contributed by atoms with Crippen molar-refractivity contribution in [2.24, 2.45) is 0 Å². The van der Waals surface area contributed by atoms with Crippen LogP contribution in [0, 0.1) is 0 Å². The second-order valence-corrected chi connectivity index (χ2v) is 5.77. The highest BCUT2D eigenvalue weighted by molar-refractivity contribution is 5.78. The molecule has 1 unspecified atom stereocenters. The summed E-state index contributed by atoms with van der Waals surface area (Å²) in [6.45, 7) is 1.36. The molecule has 2 heterocycles. The summed E-state index contributed by atoms with van der Waals surface area (Å²) in [4.78, 5) is 22.5. The van der Waals surface area contributed by atoms with Crippen LogP contribution in [0.3, 0.4) is 0 Å². The first-order valence-corrected chi connectivity index (χ1v) is 8.10. The monoisotopic (exact) mass is 327 g/mol. The number of likely N-dealkylation sites (tertiary alicyclic amines) is 1. The molecule has 0 radical (unpaired) electrons. The maximum Gasteiger partial charge on any atom is 0.319 e. The van der Waals surface area contributed by atoms with Crippen molar-refractivity contribution in [3.63, 3.8) is 0 Å². The van der Waals surface area contributed by atoms with E-state index in [1.807, 2.05) is 35.2 Å². The number of methoxy groups -OCH3 is 1. The van der Waals surface area contributed by atoms with Gasteiger partial charge in [0.15, 0.2) is 0 Å². The molecule has 1 aliphatic heterocycles. The van der Waals surface area contributed by atoms with E-state index >= 15 is 0 Å². The SMILES string of the molecule is COc1nccc(OC2CCCN(C(=O)Cc3ccccc3)C2)n1. The van der Waals surface area contributed by atoms with E-state index in [1.54, 1.807) is 12.3 Å². The number of amides is 1. The van der Waals surface area contributed by atoms with Crippen molar-refractivity contribution in [3.8, 4) is 11.9 Å². The molecule has 0 aliphatic carbocycles. The molecule has 0 saturated carbocycles. The Balaban J connectivity index is 1.58. The Hall–Kier alpha value is -2.63. The molecule has 1 saturated heterocycles. The van der Waals surface area contributed by atoms with Gasteiger partial charge < -0.3 is 14.4 Å². The Morgan fingerprint density at radius 2 is 2.12 bits per heavy atom. The number of hydrogen-bond donors (Lipinski definition) is 0. The van der Waals surface area contributed by atoms with Crippen molar-refractivity contribution in [3.05, 3.63) is 48.2 Å². The first-order chi connectivity index (χ1) is 11.7. The first-order valence-electron chi connectivity index (χ1n) is 8.10. The van der Waals surface area contributed by atoms with Crippen LogP contribution in [0.25, 0.3) is 0 Å². The number of aromatic nitrogens is 2. The average molecular weight is 327 g/mol. The maximum absolute atomic E-state index is 12.5. The first kappa shape index (κ1) is 16.2. The fourth-order valence-electron chi connectivity index (χ4n) is 2.80. The molecular formula is C18H21N3O3. The van der Waals surface area contributed by atoms with Gasteiger partial charge in [0.25, 0.3) is 0 Å². The summed E-state index contributed by atoms with van der Waals surface area (Å²) >= 11 is 0. The molecule has 1 aromatic carbocycles. The number of nitrogens with zero attached hydrogens (tertiary/aromatic N) is 3. The third-order valence-electron chi connectivity index (χ3n) is 4.01. The summed E-state index contributed by atoms with van der Waals surface area (Å²) in [7, 11) is 1.52. The van der Waals surface area contributed by atoms with Crippen LogP contribution in [0.2, 0.25) is 0 Å². The molecule has 1 aromatic heterocycles. The van der Waals surface area contributed by atoms with E-state index in [4.69, 9.17) is 9.47 Å². The molecule has 2 aromatic rings. The fraction of sp³-hybridized carbons (Fsp3) is 0.389. The minimum absolute atomic E-state index is 0.0573. The molecule has 126 valence electrons. The predicted octanol–water partition coefficient (Wildman–Crippen LogP) is 2.10. The van der Waals surface area contributed by atoms with E-state index in [1.165, 1.54) is 7.11 Å². The minimum atomic E-state index is -0.0573. The van der Waals surface area contributed by atoms with Gasteiger partial charge in [0.2, 0.25) is 11.8 Å². The van der Waals surface area contributed by atoms with Gasteiger partial charge in [-0.2, -0.15) is 4.98 Å². The van der Waals surface area contributed by atoms with Crippen molar-refractivity contribution < 1.29 is 14.3 Å². The zero-order valence-electron chi connectivity index (χ0n) is 13.7. The Labute approximate surface area is 141 Å². The lowest BCUT2D eigenvalue weighted by Gasteiger charge is -2.32. The summed E-state index contributed by atoms with van der Waals surface area (Å²) in [5, 5.41) is 0. The van der Waals surface area contributed by atoms with Crippen LogP contribution in [-0.4, -0.2) is 47.1 Å². The number of piperidine rings is 1. The summed E-state index contributed by atoms with van der Waals surface area (Å²) < 4.78 is 10.9. The molecule has 1 atom stereocenters. The van der Waals surface area contributed by atoms with Crippen LogP contribution in [0.5, 0.6) is 11.9 Å². The van der Waals surface area contributed by atoms with Crippen LogP contribution >= 0.6 is 0 Å². The van der Waals surface area contributed by atoms with Gasteiger partial charge in [-0.05, 0) is 18.4 Å². The third-order valence-corrected chi connectivity index (χ3v) is 4.01. The number of ether oxygens (including phenoxy) is 2. The Kier molecular flexibility index (Phi) is 5.25. The lowest BCUT2D eigenvalue weighted by atomic mass is 10.1. The quantitative estimate of drug-likeness (QED) is 0.841. The molecule has 6 heteroatoms. The molecule has 1 aliphatic rings. The van der Waals surface area contributed by atoms with E-state index in [0.717, 1.165) is 24.9 Å². The van der Waals surface area contributed by atoms with Crippen LogP contribution in [-0.2, 0) is 11.2 Å². The van der Waals surface area contributed by atoms with E-state index in [2.05, 4.69) is 9.97 Å². The number of hydrogen-bond acceptors (Lipinski definition) is 5. The van der Waals surface area contributed by atoms with Crippen molar-refractivity contribution in [1.29, 1.82) is 0 Å². The zero-order valence-corrected chi connectivity index (χ0v) is 13.7. The molecule has 3 rings (SSSR count). The molecule has 0 bridgehead atoms. The molecule has 0 spiro atoms. The van der Waals surface area contributed by atoms with Crippen molar-refractivity contribution in [2.45, 2.75) is 25.4 Å². The number of rotatable bonds is 5. The average Bonchev–Trinajstić information content (AvgIpc) is 2.63. The molecule has 1 fully saturated rings. The van der Waals surface area contributed by atoms with E-state index in [-0.39, 0.29) is 18.0 Å². The lowest BCUT2D eigenvalue weighted by Crippen LogP contribution is -2.45. The molecular weight excluding hydrogens is 306 g/mol. The predicted molar refractivity (Wildman–Crippen MR) is 89.0 cm³/mol. The van der Waals surface area contributed by atoms with Gasteiger partial charge in [0.1, 0.15) is 6.10 Å². The van der Waals surface area contributed by atoms with Crippen LogP contribution in [0.1, 0.15) is 18.4 Å². The maximum atomic E-state index is 12.5.